The van der Waals surface area contributed by atoms with E-state index in [1.54, 1.807) is 12.1 Å². The maximum absolute atomic E-state index is 12.8. The molecule has 0 unspecified atom stereocenters. The van der Waals surface area contributed by atoms with Crippen LogP contribution in [-0.2, 0) is 6.42 Å². The highest BCUT2D eigenvalue weighted by Gasteiger charge is 2.25. The highest BCUT2D eigenvalue weighted by atomic mass is 19.4. The molecule has 0 heterocycles. The zero-order valence-electron chi connectivity index (χ0n) is 13.2. The van der Waals surface area contributed by atoms with Crippen LogP contribution in [-0.4, -0.2) is 31.8 Å². The van der Waals surface area contributed by atoms with Gasteiger partial charge in [0, 0.05) is 26.1 Å². The van der Waals surface area contributed by atoms with Crippen molar-refractivity contribution in [1.29, 1.82) is 0 Å². The van der Waals surface area contributed by atoms with E-state index in [2.05, 4.69) is 15.6 Å². The third kappa shape index (κ3) is 9.76. The van der Waals surface area contributed by atoms with E-state index in [1.165, 1.54) is 12.1 Å². The Hall–Kier alpha value is -1.79. The first-order valence-corrected chi connectivity index (χ1v) is 7.74. The SMILES string of the molecule is CCNC(=NCCCCC(F)(F)F)NCCc1ccc(F)cc1. The van der Waals surface area contributed by atoms with Crippen LogP contribution in [0.4, 0.5) is 17.6 Å². The van der Waals surface area contributed by atoms with Gasteiger partial charge in [0.15, 0.2) is 5.96 Å². The third-order valence-electron chi connectivity index (χ3n) is 3.10. The molecule has 3 nitrogen and oxygen atoms in total. The van der Waals surface area contributed by atoms with Gasteiger partial charge in [-0.1, -0.05) is 12.1 Å². The van der Waals surface area contributed by atoms with Crippen molar-refractivity contribution in [3.05, 3.63) is 35.6 Å². The van der Waals surface area contributed by atoms with E-state index >= 15 is 0 Å². The number of alkyl halides is 3. The van der Waals surface area contributed by atoms with Crippen molar-refractivity contribution >= 4 is 5.96 Å². The molecule has 1 aromatic rings. The van der Waals surface area contributed by atoms with Crippen LogP contribution in [0.15, 0.2) is 29.3 Å². The van der Waals surface area contributed by atoms with Crippen molar-refractivity contribution in [2.45, 2.75) is 38.8 Å². The van der Waals surface area contributed by atoms with Crippen LogP contribution in [0.1, 0.15) is 31.7 Å². The van der Waals surface area contributed by atoms with E-state index in [0.29, 0.717) is 38.4 Å². The number of hydrogen-bond donors (Lipinski definition) is 2. The molecular formula is C16H23F4N3. The molecule has 0 atom stereocenters. The van der Waals surface area contributed by atoms with Gasteiger partial charge in [-0.2, -0.15) is 13.2 Å². The average molecular weight is 333 g/mol. The molecule has 0 radical (unpaired) electrons. The Kier molecular flexibility index (Phi) is 8.43. The minimum atomic E-state index is -4.10. The molecule has 23 heavy (non-hydrogen) atoms. The topological polar surface area (TPSA) is 36.4 Å². The van der Waals surface area contributed by atoms with Crippen molar-refractivity contribution in [1.82, 2.24) is 10.6 Å². The minimum Gasteiger partial charge on any atom is -0.357 e. The summed E-state index contributed by atoms with van der Waals surface area (Å²) in [5, 5.41) is 6.16. The highest BCUT2D eigenvalue weighted by Crippen LogP contribution is 2.21. The van der Waals surface area contributed by atoms with Gasteiger partial charge in [-0.25, -0.2) is 4.39 Å². The van der Waals surface area contributed by atoms with Gasteiger partial charge in [0.05, 0.1) is 0 Å². The second-order valence-corrected chi connectivity index (χ2v) is 5.14. The van der Waals surface area contributed by atoms with Gasteiger partial charge < -0.3 is 10.6 Å². The fraction of sp³-hybridized carbons (Fsp3) is 0.562. The smallest absolute Gasteiger partial charge is 0.357 e. The normalized spacial score (nSPS) is 12.3. The van der Waals surface area contributed by atoms with Crippen LogP contribution in [0.5, 0.6) is 0 Å². The van der Waals surface area contributed by atoms with E-state index in [0.717, 1.165) is 5.56 Å². The summed E-state index contributed by atoms with van der Waals surface area (Å²) in [6.07, 6.45) is -3.67. The lowest BCUT2D eigenvalue weighted by atomic mass is 10.1. The summed E-state index contributed by atoms with van der Waals surface area (Å²) in [4.78, 5) is 4.25. The largest absolute Gasteiger partial charge is 0.389 e. The Balaban J connectivity index is 2.30. The number of hydrogen-bond acceptors (Lipinski definition) is 1. The van der Waals surface area contributed by atoms with Crippen LogP contribution >= 0.6 is 0 Å². The molecular weight excluding hydrogens is 310 g/mol. The fourth-order valence-corrected chi connectivity index (χ4v) is 1.95. The summed E-state index contributed by atoms with van der Waals surface area (Å²) in [5.74, 6) is 0.317. The number of halogens is 4. The molecule has 1 rings (SSSR count). The summed E-state index contributed by atoms with van der Waals surface area (Å²) in [7, 11) is 0. The van der Waals surface area contributed by atoms with Crippen molar-refractivity contribution < 1.29 is 17.6 Å². The van der Waals surface area contributed by atoms with E-state index in [-0.39, 0.29) is 12.2 Å². The number of nitrogens with one attached hydrogen (secondary N) is 2. The number of rotatable bonds is 8. The molecule has 0 amide bonds. The molecule has 130 valence electrons. The molecule has 0 saturated heterocycles. The summed E-state index contributed by atoms with van der Waals surface area (Å²) < 4.78 is 48.9. The molecule has 0 spiro atoms. The maximum atomic E-state index is 12.8. The van der Waals surface area contributed by atoms with E-state index in [1.807, 2.05) is 6.92 Å². The number of nitrogens with zero attached hydrogens (tertiary/aromatic N) is 1. The van der Waals surface area contributed by atoms with Crippen LogP contribution in [0.3, 0.4) is 0 Å². The zero-order valence-corrected chi connectivity index (χ0v) is 13.2. The fourth-order valence-electron chi connectivity index (χ4n) is 1.95. The Morgan fingerprint density at radius 2 is 1.78 bits per heavy atom. The molecule has 0 bridgehead atoms. The second kappa shape index (κ2) is 10.1. The summed E-state index contributed by atoms with van der Waals surface area (Å²) in [6.45, 7) is 3.55. The highest BCUT2D eigenvalue weighted by molar-refractivity contribution is 5.79. The van der Waals surface area contributed by atoms with Crippen molar-refractivity contribution in [2.75, 3.05) is 19.6 Å². The minimum absolute atomic E-state index is 0.0853. The predicted octanol–water partition coefficient (Wildman–Crippen LogP) is 3.66. The summed E-state index contributed by atoms with van der Waals surface area (Å²) in [6, 6.07) is 6.26. The lowest BCUT2D eigenvalue weighted by Crippen LogP contribution is -2.38. The second-order valence-electron chi connectivity index (χ2n) is 5.14. The Labute approximate surface area is 134 Å². The first kappa shape index (κ1) is 19.3. The quantitative estimate of drug-likeness (QED) is 0.330. The molecule has 0 aliphatic heterocycles. The average Bonchev–Trinajstić information content (AvgIpc) is 2.47. The molecule has 0 aromatic heterocycles. The molecule has 2 N–H and O–H groups in total. The number of guanidine groups is 1. The summed E-state index contributed by atoms with van der Waals surface area (Å²) in [5.41, 5.74) is 1.000. The third-order valence-corrected chi connectivity index (χ3v) is 3.10. The van der Waals surface area contributed by atoms with E-state index in [9.17, 15) is 17.6 Å². The summed E-state index contributed by atoms with van der Waals surface area (Å²) >= 11 is 0. The standard InChI is InChI=1S/C16H23F4N3/c1-2-21-15(22-11-4-3-10-16(18,19)20)23-12-9-13-5-7-14(17)8-6-13/h5-8H,2-4,9-12H2,1H3,(H2,21,22,23). The molecule has 0 aliphatic rings. The van der Waals surface area contributed by atoms with Gasteiger partial charge in [-0.3, -0.25) is 4.99 Å². The van der Waals surface area contributed by atoms with Gasteiger partial charge >= 0.3 is 6.18 Å². The molecule has 7 heteroatoms. The van der Waals surface area contributed by atoms with Gasteiger partial charge in [0.2, 0.25) is 0 Å². The molecule has 0 saturated carbocycles. The van der Waals surface area contributed by atoms with Crippen LogP contribution in [0.2, 0.25) is 0 Å². The number of aliphatic imine (C=N–C) groups is 1. The van der Waals surface area contributed by atoms with Crippen LogP contribution in [0, 0.1) is 5.82 Å². The van der Waals surface area contributed by atoms with Crippen LogP contribution < -0.4 is 10.6 Å². The number of benzene rings is 1. The predicted molar refractivity (Wildman–Crippen MR) is 84.0 cm³/mol. The van der Waals surface area contributed by atoms with Crippen molar-refractivity contribution in [3.8, 4) is 0 Å². The first-order valence-electron chi connectivity index (χ1n) is 7.74. The molecule has 0 aliphatic carbocycles. The molecule has 0 fully saturated rings. The van der Waals surface area contributed by atoms with E-state index < -0.39 is 12.6 Å². The van der Waals surface area contributed by atoms with Gasteiger partial charge in [0.1, 0.15) is 5.82 Å². The zero-order chi connectivity index (χ0) is 17.1. The van der Waals surface area contributed by atoms with Crippen LogP contribution in [0.25, 0.3) is 0 Å². The van der Waals surface area contributed by atoms with E-state index in [4.69, 9.17) is 0 Å². The van der Waals surface area contributed by atoms with Gasteiger partial charge in [0.25, 0.3) is 0 Å². The Morgan fingerprint density at radius 1 is 1.09 bits per heavy atom. The Morgan fingerprint density at radius 3 is 2.39 bits per heavy atom. The lowest BCUT2D eigenvalue weighted by molar-refractivity contribution is -0.135. The number of unbranched alkanes of at least 4 members (excludes halogenated alkanes) is 1. The lowest BCUT2D eigenvalue weighted by Gasteiger charge is -2.11. The van der Waals surface area contributed by atoms with Crippen molar-refractivity contribution in [3.63, 3.8) is 0 Å². The Bertz CT molecular complexity index is 469. The van der Waals surface area contributed by atoms with Crippen molar-refractivity contribution in [2.24, 2.45) is 4.99 Å². The van der Waals surface area contributed by atoms with Gasteiger partial charge in [-0.15, -0.1) is 0 Å². The molecule has 1 aromatic carbocycles. The maximum Gasteiger partial charge on any atom is 0.389 e. The van der Waals surface area contributed by atoms with Gasteiger partial charge in [-0.05, 0) is 43.9 Å². The first-order chi connectivity index (χ1) is 10.9. The monoisotopic (exact) mass is 333 g/mol.